The van der Waals surface area contributed by atoms with E-state index in [4.69, 9.17) is 0 Å². The van der Waals surface area contributed by atoms with Gasteiger partial charge >= 0.3 is 0 Å². The minimum atomic E-state index is -0.353. The molecular weight excluding hydrogens is 327 g/mol. The van der Waals surface area contributed by atoms with Gasteiger partial charge in [0.15, 0.2) is 5.82 Å². The Labute approximate surface area is 144 Å². The number of carbonyl (C=O) groups excluding carboxylic acids is 1. The second kappa shape index (κ2) is 7.79. The lowest BCUT2D eigenvalue weighted by Crippen LogP contribution is -2.41. The van der Waals surface area contributed by atoms with Crippen molar-refractivity contribution in [1.82, 2.24) is 20.5 Å². The van der Waals surface area contributed by atoms with Crippen molar-refractivity contribution < 1.29 is 9.18 Å². The van der Waals surface area contributed by atoms with Crippen LogP contribution in [0.15, 0.2) is 29.4 Å². The first-order valence-electron chi connectivity index (χ1n) is 8.23. The highest BCUT2D eigenvalue weighted by Gasteiger charge is 2.22. The number of amides is 1. The van der Waals surface area contributed by atoms with Gasteiger partial charge in [0.2, 0.25) is 11.1 Å². The molecule has 1 heterocycles. The van der Waals surface area contributed by atoms with Crippen LogP contribution in [-0.2, 0) is 4.79 Å². The fourth-order valence-corrected chi connectivity index (χ4v) is 3.60. The average molecular weight is 348 g/mol. The molecule has 7 heteroatoms. The van der Waals surface area contributed by atoms with Crippen LogP contribution in [0, 0.1) is 11.7 Å². The third-order valence-electron chi connectivity index (χ3n) is 4.38. The van der Waals surface area contributed by atoms with Crippen LogP contribution < -0.4 is 5.32 Å². The largest absolute Gasteiger partial charge is 0.352 e. The van der Waals surface area contributed by atoms with E-state index >= 15 is 0 Å². The van der Waals surface area contributed by atoms with Gasteiger partial charge in [-0.3, -0.25) is 9.89 Å². The Hall–Kier alpha value is -1.89. The smallest absolute Gasteiger partial charge is 0.230 e. The molecular formula is C17H21FN4OS. The minimum absolute atomic E-state index is 0.00371. The highest BCUT2D eigenvalue weighted by Crippen LogP contribution is 2.24. The van der Waals surface area contributed by atoms with Crippen LogP contribution in [0.25, 0.3) is 11.4 Å². The second-order valence-electron chi connectivity index (χ2n) is 6.17. The van der Waals surface area contributed by atoms with Crippen LogP contribution in [0.4, 0.5) is 4.39 Å². The predicted molar refractivity (Wildman–Crippen MR) is 92.1 cm³/mol. The lowest BCUT2D eigenvalue weighted by Gasteiger charge is -2.29. The van der Waals surface area contributed by atoms with Crippen molar-refractivity contribution >= 4 is 17.7 Å². The Kier molecular flexibility index (Phi) is 5.50. The molecule has 5 nitrogen and oxygen atoms in total. The van der Waals surface area contributed by atoms with Crippen molar-refractivity contribution in [3.05, 3.63) is 30.1 Å². The number of nitrogens with zero attached hydrogens (tertiary/aromatic N) is 2. The molecule has 128 valence electrons. The molecule has 1 aromatic heterocycles. The maximum absolute atomic E-state index is 13.7. The van der Waals surface area contributed by atoms with Crippen molar-refractivity contribution in [3.63, 3.8) is 0 Å². The van der Waals surface area contributed by atoms with E-state index in [1.54, 1.807) is 18.2 Å². The van der Waals surface area contributed by atoms with Gasteiger partial charge in [-0.25, -0.2) is 9.37 Å². The number of H-pyrrole nitrogens is 1. The fraction of sp³-hybridized carbons (Fsp3) is 0.471. The van der Waals surface area contributed by atoms with Crippen molar-refractivity contribution in [2.45, 2.75) is 43.8 Å². The molecule has 1 aliphatic carbocycles. The van der Waals surface area contributed by atoms with Crippen molar-refractivity contribution in [2.24, 2.45) is 5.92 Å². The van der Waals surface area contributed by atoms with Crippen molar-refractivity contribution in [2.75, 3.05) is 5.75 Å². The van der Waals surface area contributed by atoms with E-state index in [0.29, 0.717) is 22.5 Å². The Bertz CT molecular complexity index is 705. The SMILES string of the molecule is C[C@@H]1CCCC[C@@H]1NC(=O)CSc1n[nH]c(-c2ccccc2F)n1. The molecule has 0 spiro atoms. The van der Waals surface area contributed by atoms with Crippen LogP contribution in [0.3, 0.4) is 0 Å². The summed E-state index contributed by atoms with van der Waals surface area (Å²) in [7, 11) is 0. The van der Waals surface area contributed by atoms with Gasteiger partial charge in [0.25, 0.3) is 0 Å². The number of aromatic nitrogens is 3. The number of thioether (sulfide) groups is 1. The number of benzene rings is 1. The number of hydrogen-bond donors (Lipinski definition) is 2. The Balaban J connectivity index is 1.54. The number of carbonyl (C=O) groups is 1. The monoisotopic (exact) mass is 348 g/mol. The van der Waals surface area contributed by atoms with Crippen LogP contribution in [0.2, 0.25) is 0 Å². The third kappa shape index (κ3) is 4.14. The molecule has 2 aromatic rings. The minimum Gasteiger partial charge on any atom is -0.352 e. The Morgan fingerprint density at radius 1 is 1.38 bits per heavy atom. The Morgan fingerprint density at radius 2 is 2.17 bits per heavy atom. The zero-order valence-electron chi connectivity index (χ0n) is 13.6. The van der Waals surface area contributed by atoms with Crippen LogP contribution in [-0.4, -0.2) is 32.9 Å². The molecule has 0 unspecified atom stereocenters. The zero-order valence-corrected chi connectivity index (χ0v) is 14.4. The number of aromatic amines is 1. The number of rotatable bonds is 5. The summed E-state index contributed by atoms with van der Waals surface area (Å²) in [5.41, 5.74) is 0.373. The van der Waals surface area contributed by atoms with Gasteiger partial charge in [-0.05, 0) is 30.9 Å². The molecule has 0 radical (unpaired) electrons. The van der Waals surface area contributed by atoms with Crippen molar-refractivity contribution in [3.8, 4) is 11.4 Å². The lowest BCUT2D eigenvalue weighted by molar-refractivity contribution is -0.119. The topological polar surface area (TPSA) is 70.7 Å². The summed E-state index contributed by atoms with van der Waals surface area (Å²) in [6.45, 7) is 2.19. The first-order valence-corrected chi connectivity index (χ1v) is 9.21. The summed E-state index contributed by atoms with van der Waals surface area (Å²) in [4.78, 5) is 16.4. The molecule has 24 heavy (non-hydrogen) atoms. The standard InChI is InChI=1S/C17H21FN4OS/c1-11-6-2-5-9-14(11)19-15(23)10-24-17-20-16(21-22-17)12-7-3-4-8-13(12)18/h3-4,7-8,11,14H,2,5-6,9-10H2,1H3,(H,19,23)(H,20,21,22)/t11-,14+/m1/s1. The van der Waals surface area contributed by atoms with E-state index in [1.807, 2.05) is 0 Å². The highest BCUT2D eigenvalue weighted by atomic mass is 32.2. The van der Waals surface area contributed by atoms with Crippen LogP contribution in [0.5, 0.6) is 0 Å². The van der Waals surface area contributed by atoms with Gasteiger partial charge in [-0.1, -0.05) is 43.7 Å². The van der Waals surface area contributed by atoms with E-state index in [-0.39, 0.29) is 23.5 Å². The van der Waals surface area contributed by atoms with E-state index < -0.39 is 0 Å². The van der Waals surface area contributed by atoms with Gasteiger partial charge < -0.3 is 5.32 Å². The van der Waals surface area contributed by atoms with Gasteiger partial charge in [0.1, 0.15) is 5.82 Å². The van der Waals surface area contributed by atoms with Gasteiger partial charge in [-0.15, -0.1) is 5.10 Å². The molecule has 1 aliphatic rings. The third-order valence-corrected chi connectivity index (χ3v) is 5.23. The molecule has 1 amide bonds. The molecule has 2 N–H and O–H groups in total. The van der Waals surface area contributed by atoms with Crippen molar-refractivity contribution in [1.29, 1.82) is 0 Å². The highest BCUT2D eigenvalue weighted by molar-refractivity contribution is 7.99. The summed E-state index contributed by atoms with van der Waals surface area (Å²) in [6.07, 6.45) is 4.65. The Morgan fingerprint density at radius 3 is 2.96 bits per heavy atom. The van der Waals surface area contributed by atoms with Gasteiger partial charge in [0, 0.05) is 6.04 Å². The number of halogens is 1. The molecule has 2 atom stereocenters. The summed E-state index contributed by atoms with van der Waals surface area (Å²) in [6, 6.07) is 6.66. The predicted octanol–water partition coefficient (Wildman–Crippen LogP) is 3.40. The van der Waals surface area contributed by atoms with E-state index in [1.165, 1.54) is 37.1 Å². The molecule has 0 saturated heterocycles. The molecule has 3 rings (SSSR count). The maximum Gasteiger partial charge on any atom is 0.230 e. The lowest BCUT2D eigenvalue weighted by atomic mass is 9.86. The summed E-state index contributed by atoms with van der Waals surface area (Å²) in [5.74, 6) is 0.809. The first kappa shape index (κ1) is 17.0. The van der Waals surface area contributed by atoms with Gasteiger partial charge in [-0.2, -0.15) is 0 Å². The number of nitrogens with one attached hydrogen (secondary N) is 2. The van der Waals surface area contributed by atoms with Gasteiger partial charge in [0.05, 0.1) is 11.3 Å². The van der Waals surface area contributed by atoms with E-state index in [2.05, 4.69) is 27.4 Å². The molecule has 1 aromatic carbocycles. The summed E-state index contributed by atoms with van der Waals surface area (Å²) in [5, 5.41) is 10.3. The summed E-state index contributed by atoms with van der Waals surface area (Å²) >= 11 is 1.25. The number of hydrogen-bond acceptors (Lipinski definition) is 4. The first-order chi connectivity index (χ1) is 11.6. The second-order valence-corrected chi connectivity index (χ2v) is 7.11. The average Bonchev–Trinajstić information content (AvgIpc) is 3.04. The summed E-state index contributed by atoms with van der Waals surface area (Å²) < 4.78 is 13.7. The molecule has 0 aliphatic heterocycles. The van der Waals surface area contributed by atoms with E-state index in [0.717, 1.165) is 6.42 Å². The van der Waals surface area contributed by atoms with E-state index in [9.17, 15) is 9.18 Å². The normalized spacial score (nSPS) is 20.8. The fourth-order valence-electron chi connectivity index (χ4n) is 2.99. The molecule has 1 saturated carbocycles. The van der Waals surface area contributed by atoms with Crippen LogP contribution in [0.1, 0.15) is 32.6 Å². The van der Waals surface area contributed by atoms with Crippen LogP contribution >= 0.6 is 11.8 Å². The quantitative estimate of drug-likeness (QED) is 0.813. The molecule has 1 fully saturated rings. The zero-order chi connectivity index (χ0) is 16.9. The maximum atomic E-state index is 13.7. The molecule has 0 bridgehead atoms.